The van der Waals surface area contributed by atoms with Gasteiger partial charge in [0.2, 0.25) is 5.79 Å². The van der Waals surface area contributed by atoms with Crippen LogP contribution in [0.2, 0.25) is 18.1 Å². The zero-order valence-electron chi connectivity index (χ0n) is 27.4. The molecule has 0 N–H and O–H groups in total. The summed E-state index contributed by atoms with van der Waals surface area (Å²) in [6, 6.07) is 0. The van der Waals surface area contributed by atoms with Crippen molar-refractivity contribution in [1.82, 2.24) is 0 Å². The van der Waals surface area contributed by atoms with Crippen molar-refractivity contribution >= 4 is 28.1 Å². The van der Waals surface area contributed by atoms with Crippen LogP contribution in [-0.2, 0) is 46.4 Å². The number of carbonyl (C=O) groups is 2. The van der Waals surface area contributed by atoms with E-state index in [9.17, 15) is 14.2 Å². The number of rotatable bonds is 14. The minimum Gasteiger partial charge on any atom is -0.469 e. The van der Waals surface area contributed by atoms with E-state index in [0.29, 0.717) is 12.5 Å². The lowest BCUT2D eigenvalue weighted by atomic mass is 9.72. The van der Waals surface area contributed by atoms with E-state index in [1.165, 1.54) is 7.11 Å². The first-order valence-electron chi connectivity index (χ1n) is 15.0. The lowest BCUT2D eigenvalue weighted by Crippen LogP contribution is -2.44. The summed E-state index contributed by atoms with van der Waals surface area (Å²) in [5, 5.41) is 0.0560. The van der Waals surface area contributed by atoms with Gasteiger partial charge in [0.1, 0.15) is 5.76 Å². The van der Waals surface area contributed by atoms with Gasteiger partial charge in [0.05, 0.1) is 38.4 Å². The number of phosphoric ester groups is 1. The average Bonchev–Trinajstić information content (AvgIpc) is 2.86. The molecule has 1 aliphatic carbocycles. The van der Waals surface area contributed by atoms with Crippen LogP contribution in [0.25, 0.3) is 0 Å². The summed E-state index contributed by atoms with van der Waals surface area (Å²) >= 11 is 0. The van der Waals surface area contributed by atoms with E-state index in [2.05, 4.69) is 40.8 Å². The third kappa shape index (κ3) is 10.3. The van der Waals surface area contributed by atoms with Crippen LogP contribution in [0.5, 0.6) is 0 Å². The van der Waals surface area contributed by atoms with Gasteiger partial charge in [-0.15, -0.1) is 0 Å². The molecule has 2 rings (SSSR count). The Morgan fingerprint density at radius 3 is 2.31 bits per heavy atom. The van der Waals surface area contributed by atoms with Crippen LogP contribution in [0, 0.1) is 17.8 Å². The van der Waals surface area contributed by atoms with E-state index in [4.69, 9.17) is 32.2 Å². The summed E-state index contributed by atoms with van der Waals surface area (Å²) in [5.74, 6) is -1.83. The number of phosphoric acid groups is 1. The van der Waals surface area contributed by atoms with Crippen LogP contribution in [0.3, 0.4) is 0 Å². The molecule has 0 unspecified atom stereocenters. The molecule has 0 bridgehead atoms. The van der Waals surface area contributed by atoms with Gasteiger partial charge in [-0.2, -0.15) is 0 Å². The van der Waals surface area contributed by atoms with Crippen LogP contribution < -0.4 is 0 Å². The Morgan fingerprint density at radius 1 is 1.14 bits per heavy atom. The third-order valence-electron chi connectivity index (χ3n) is 8.24. The Morgan fingerprint density at radius 2 is 1.76 bits per heavy atom. The normalized spacial score (nSPS) is 24.4. The van der Waals surface area contributed by atoms with Gasteiger partial charge in [-0.05, 0) is 68.7 Å². The Kier molecular flexibility index (Phi) is 13.1. The molecule has 1 heterocycles. The molecule has 0 radical (unpaired) electrons. The molecule has 0 saturated heterocycles. The van der Waals surface area contributed by atoms with E-state index in [0.717, 1.165) is 19.3 Å². The molecule has 12 heteroatoms. The molecule has 10 nitrogen and oxygen atoms in total. The van der Waals surface area contributed by atoms with Crippen molar-refractivity contribution in [2.75, 3.05) is 26.9 Å². The first kappa shape index (κ1) is 36.7. The van der Waals surface area contributed by atoms with Crippen molar-refractivity contribution in [3.8, 4) is 0 Å². The molecule has 42 heavy (non-hydrogen) atoms. The molecule has 0 spiro atoms. The Labute approximate surface area is 253 Å². The highest BCUT2D eigenvalue weighted by Crippen LogP contribution is 2.53. The SMILES string of the molecule is CCOP(=O)(OCC)O[C@H](/C=C/C1=C(CC(=O)OC)C(=O)OC(C)(C)O1)[C@@H]1CC[C@@H](C)C[C@H]1CO[Si](C)(C)C(C)(C)C. The number of carbonyl (C=O) groups excluding carboxylic acids is 2. The maximum absolute atomic E-state index is 13.6. The molecule has 4 atom stereocenters. The second-order valence-electron chi connectivity index (χ2n) is 13.1. The predicted molar refractivity (Wildman–Crippen MR) is 163 cm³/mol. The minimum absolute atomic E-state index is 0.0315. The standard InChI is InChI=1S/C30H53O10PSi/c1-12-35-41(33,36-13-2)40-26(17-16-25-24(19-27(31)34-9)28(32)39-30(7,8)38-25)23-15-14-21(3)18-22(23)20-37-42(10,11)29(4,5)6/h16-17,21-23,26H,12-15,18-20H2,1-11H3/b17-16+/t21-,22+,23-,26-/m1/s1. The maximum Gasteiger partial charge on any atom is 0.475 e. The fourth-order valence-electron chi connectivity index (χ4n) is 4.92. The molecule has 1 saturated carbocycles. The number of methoxy groups -OCH3 is 1. The monoisotopic (exact) mass is 632 g/mol. The molecule has 242 valence electrons. The number of esters is 2. The highest BCUT2D eigenvalue weighted by atomic mass is 31.2. The summed E-state index contributed by atoms with van der Waals surface area (Å²) in [6.45, 7) is 20.9. The van der Waals surface area contributed by atoms with Gasteiger partial charge < -0.3 is 18.6 Å². The van der Waals surface area contributed by atoms with Gasteiger partial charge in [-0.1, -0.05) is 40.2 Å². The van der Waals surface area contributed by atoms with Gasteiger partial charge in [0.25, 0.3) is 0 Å². The average molecular weight is 633 g/mol. The molecular weight excluding hydrogens is 579 g/mol. The Bertz CT molecular complexity index is 1040. The Balaban J connectivity index is 2.55. The van der Waals surface area contributed by atoms with E-state index >= 15 is 0 Å². The predicted octanol–water partition coefficient (Wildman–Crippen LogP) is 7.31. The molecule has 2 aliphatic rings. The lowest BCUT2D eigenvalue weighted by Gasteiger charge is -2.42. The topological polar surface area (TPSA) is 116 Å². The van der Waals surface area contributed by atoms with E-state index < -0.39 is 40.0 Å². The minimum atomic E-state index is -3.92. The second kappa shape index (κ2) is 15.0. The van der Waals surface area contributed by atoms with Crippen molar-refractivity contribution in [3.63, 3.8) is 0 Å². The number of hydrogen-bond donors (Lipinski definition) is 0. The second-order valence-corrected chi connectivity index (χ2v) is 19.5. The van der Waals surface area contributed by atoms with E-state index in [1.807, 2.05) is 0 Å². The van der Waals surface area contributed by atoms with E-state index in [1.54, 1.807) is 39.8 Å². The molecule has 0 aromatic rings. The molecule has 0 amide bonds. The van der Waals surface area contributed by atoms with Crippen molar-refractivity contribution in [2.45, 2.75) is 111 Å². The van der Waals surface area contributed by atoms with Crippen LogP contribution in [0.4, 0.5) is 0 Å². The van der Waals surface area contributed by atoms with Crippen molar-refractivity contribution in [2.24, 2.45) is 17.8 Å². The van der Waals surface area contributed by atoms with Gasteiger partial charge in [-0.3, -0.25) is 18.4 Å². The molecule has 1 fully saturated rings. The summed E-state index contributed by atoms with van der Waals surface area (Å²) in [7, 11) is -4.70. The molecule has 0 aromatic carbocycles. The molecular formula is C30H53O10PSi. The summed E-state index contributed by atoms with van der Waals surface area (Å²) in [4.78, 5) is 24.9. The number of ether oxygens (including phenoxy) is 3. The highest BCUT2D eigenvalue weighted by Gasteiger charge is 2.43. The van der Waals surface area contributed by atoms with Crippen LogP contribution >= 0.6 is 7.82 Å². The zero-order chi connectivity index (χ0) is 31.9. The smallest absolute Gasteiger partial charge is 0.469 e. The largest absolute Gasteiger partial charge is 0.475 e. The van der Waals surface area contributed by atoms with Gasteiger partial charge in [-0.25, -0.2) is 9.36 Å². The summed E-state index contributed by atoms with van der Waals surface area (Å²) in [5.41, 5.74) is 0.0315. The number of cyclic esters (lactones) is 1. The first-order valence-corrected chi connectivity index (χ1v) is 19.4. The Hall–Kier alpha value is -1.49. The highest BCUT2D eigenvalue weighted by molar-refractivity contribution is 7.48. The van der Waals surface area contributed by atoms with Gasteiger partial charge in [0, 0.05) is 20.5 Å². The fraction of sp³-hybridized carbons (Fsp3) is 0.800. The van der Waals surface area contributed by atoms with Gasteiger partial charge in [0.15, 0.2) is 8.32 Å². The van der Waals surface area contributed by atoms with Crippen LogP contribution in [0.1, 0.15) is 81.1 Å². The quantitative estimate of drug-likeness (QED) is 0.110. The first-order chi connectivity index (χ1) is 19.4. The van der Waals surface area contributed by atoms with Crippen LogP contribution in [-0.4, -0.2) is 59.1 Å². The van der Waals surface area contributed by atoms with Crippen molar-refractivity contribution < 1.29 is 46.4 Å². The summed E-state index contributed by atoms with van der Waals surface area (Å²) in [6.07, 6.45) is 4.98. The van der Waals surface area contributed by atoms with Gasteiger partial charge >= 0.3 is 19.8 Å². The maximum atomic E-state index is 13.6. The molecule has 0 aromatic heterocycles. The van der Waals surface area contributed by atoms with Crippen LogP contribution in [0.15, 0.2) is 23.5 Å². The molecule has 1 aliphatic heterocycles. The number of hydrogen-bond acceptors (Lipinski definition) is 10. The summed E-state index contributed by atoms with van der Waals surface area (Å²) < 4.78 is 53.7. The fourth-order valence-corrected chi connectivity index (χ4v) is 7.34. The van der Waals surface area contributed by atoms with E-state index in [-0.39, 0.29) is 47.8 Å². The number of allylic oxidation sites excluding steroid dienone is 1. The zero-order valence-corrected chi connectivity index (χ0v) is 29.3. The third-order valence-corrected chi connectivity index (χ3v) is 14.4. The van der Waals surface area contributed by atoms with Crippen molar-refractivity contribution in [1.29, 1.82) is 0 Å². The lowest BCUT2D eigenvalue weighted by molar-refractivity contribution is -0.206. The van der Waals surface area contributed by atoms with Crippen molar-refractivity contribution in [3.05, 3.63) is 23.5 Å².